The number of aryl methyl sites for hydroxylation is 2. The van der Waals surface area contributed by atoms with E-state index in [0.29, 0.717) is 18.7 Å². The third kappa shape index (κ3) is 4.08. The Hall–Kier alpha value is -2.62. The first-order chi connectivity index (χ1) is 12.0. The van der Waals surface area contributed by atoms with Crippen molar-refractivity contribution in [2.45, 2.75) is 32.7 Å². The lowest BCUT2D eigenvalue weighted by molar-refractivity contribution is 0.0697. The van der Waals surface area contributed by atoms with Gasteiger partial charge in [0.25, 0.3) is 11.8 Å². The van der Waals surface area contributed by atoms with Crippen molar-refractivity contribution < 1.29 is 9.59 Å². The molecule has 0 atom stereocenters. The lowest BCUT2D eigenvalue weighted by atomic mass is 10.0. The number of rotatable bonds is 3. The lowest BCUT2D eigenvalue weighted by Gasteiger charge is -2.32. The van der Waals surface area contributed by atoms with E-state index in [2.05, 4.69) is 5.32 Å². The number of piperidine rings is 1. The Bertz CT molecular complexity index is 763. The monoisotopic (exact) mass is 336 g/mol. The fourth-order valence-corrected chi connectivity index (χ4v) is 3.22. The summed E-state index contributed by atoms with van der Waals surface area (Å²) in [5.74, 6) is 0.0499. The normalized spacial score (nSPS) is 15.0. The molecule has 1 fully saturated rings. The first kappa shape index (κ1) is 17.2. The van der Waals surface area contributed by atoms with Gasteiger partial charge in [-0.3, -0.25) is 9.59 Å². The number of benzene rings is 2. The first-order valence-electron chi connectivity index (χ1n) is 8.77. The smallest absolute Gasteiger partial charge is 0.254 e. The molecule has 25 heavy (non-hydrogen) atoms. The van der Waals surface area contributed by atoms with Crippen LogP contribution in [0.1, 0.15) is 44.7 Å². The summed E-state index contributed by atoms with van der Waals surface area (Å²) in [7, 11) is 0. The fourth-order valence-electron chi connectivity index (χ4n) is 3.22. The van der Waals surface area contributed by atoms with Gasteiger partial charge in [0.15, 0.2) is 0 Å². The standard InChI is InChI=1S/C21H24N2O2/c1-15-8-9-16(2)19(14-15)21(25)23-12-10-18(11-13-23)22-20(24)17-6-4-3-5-7-17/h3-9,14,18H,10-13H2,1-2H3,(H,22,24). The summed E-state index contributed by atoms with van der Waals surface area (Å²) < 4.78 is 0. The molecular weight excluding hydrogens is 312 g/mol. The van der Waals surface area contributed by atoms with Crippen LogP contribution in [0.25, 0.3) is 0 Å². The molecule has 130 valence electrons. The molecule has 0 unspecified atom stereocenters. The van der Waals surface area contributed by atoms with Crippen molar-refractivity contribution in [3.8, 4) is 0 Å². The van der Waals surface area contributed by atoms with Crippen LogP contribution in [0.15, 0.2) is 48.5 Å². The zero-order valence-corrected chi connectivity index (χ0v) is 14.8. The van der Waals surface area contributed by atoms with Gasteiger partial charge in [0, 0.05) is 30.3 Å². The van der Waals surface area contributed by atoms with Crippen LogP contribution in [0.3, 0.4) is 0 Å². The molecule has 2 amide bonds. The summed E-state index contributed by atoms with van der Waals surface area (Å²) in [5, 5.41) is 3.08. The van der Waals surface area contributed by atoms with Gasteiger partial charge in [-0.05, 0) is 50.5 Å². The molecule has 2 aromatic carbocycles. The highest BCUT2D eigenvalue weighted by atomic mass is 16.2. The molecule has 0 bridgehead atoms. The molecule has 1 aliphatic rings. The van der Waals surface area contributed by atoms with Crippen molar-refractivity contribution >= 4 is 11.8 Å². The third-order valence-corrected chi connectivity index (χ3v) is 4.78. The van der Waals surface area contributed by atoms with Gasteiger partial charge in [0.1, 0.15) is 0 Å². The van der Waals surface area contributed by atoms with E-state index < -0.39 is 0 Å². The van der Waals surface area contributed by atoms with E-state index in [1.54, 1.807) is 0 Å². The van der Waals surface area contributed by atoms with Gasteiger partial charge in [-0.2, -0.15) is 0 Å². The molecule has 0 aliphatic carbocycles. The van der Waals surface area contributed by atoms with Crippen molar-refractivity contribution in [2.75, 3.05) is 13.1 Å². The van der Waals surface area contributed by atoms with Gasteiger partial charge < -0.3 is 10.2 Å². The summed E-state index contributed by atoms with van der Waals surface area (Å²) in [6.45, 7) is 5.32. The van der Waals surface area contributed by atoms with Crippen LogP contribution in [0.2, 0.25) is 0 Å². The molecule has 1 heterocycles. The van der Waals surface area contributed by atoms with Crippen LogP contribution in [-0.4, -0.2) is 35.8 Å². The summed E-state index contributed by atoms with van der Waals surface area (Å²) in [6.07, 6.45) is 1.57. The Balaban J connectivity index is 1.57. The second-order valence-corrected chi connectivity index (χ2v) is 6.72. The Morgan fingerprint density at radius 3 is 2.36 bits per heavy atom. The second kappa shape index (κ2) is 7.51. The fraction of sp³-hybridized carbons (Fsp3) is 0.333. The van der Waals surface area contributed by atoms with Crippen LogP contribution in [-0.2, 0) is 0 Å². The molecular formula is C21H24N2O2. The number of amides is 2. The minimum atomic E-state index is -0.0418. The number of likely N-dealkylation sites (tertiary alicyclic amines) is 1. The average molecular weight is 336 g/mol. The van der Waals surface area contributed by atoms with Crippen molar-refractivity contribution in [2.24, 2.45) is 0 Å². The van der Waals surface area contributed by atoms with Crippen molar-refractivity contribution in [1.82, 2.24) is 10.2 Å². The second-order valence-electron chi connectivity index (χ2n) is 6.72. The van der Waals surface area contributed by atoms with E-state index in [-0.39, 0.29) is 17.9 Å². The SMILES string of the molecule is Cc1ccc(C)c(C(=O)N2CCC(NC(=O)c3ccccc3)CC2)c1. The van der Waals surface area contributed by atoms with Gasteiger partial charge in [-0.1, -0.05) is 35.9 Å². The Morgan fingerprint density at radius 1 is 1.00 bits per heavy atom. The van der Waals surface area contributed by atoms with Crippen LogP contribution in [0.5, 0.6) is 0 Å². The highest BCUT2D eigenvalue weighted by molar-refractivity contribution is 5.96. The maximum absolute atomic E-state index is 12.8. The summed E-state index contributed by atoms with van der Waals surface area (Å²) >= 11 is 0. The van der Waals surface area contributed by atoms with E-state index in [0.717, 1.165) is 29.5 Å². The van der Waals surface area contributed by atoms with Gasteiger partial charge in [-0.15, -0.1) is 0 Å². The van der Waals surface area contributed by atoms with Crippen LogP contribution in [0.4, 0.5) is 0 Å². The molecule has 4 heteroatoms. The Labute approximate surface area is 148 Å². The highest BCUT2D eigenvalue weighted by Crippen LogP contribution is 2.18. The molecule has 0 radical (unpaired) electrons. The highest BCUT2D eigenvalue weighted by Gasteiger charge is 2.25. The molecule has 1 aliphatic heterocycles. The molecule has 1 N–H and O–H groups in total. The molecule has 0 saturated carbocycles. The first-order valence-corrected chi connectivity index (χ1v) is 8.77. The van der Waals surface area contributed by atoms with Crippen LogP contribution in [0, 0.1) is 13.8 Å². The van der Waals surface area contributed by atoms with E-state index in [4.69, 9.17) is 0 Å². The number of carbonyl (C=O) groups excluding carboxylic acids is 2. The molecule has 0 spiro atoms. The van der Waals surface area contributed by atoms with Crippen LogP contribution >= 0.6 is 0 Å². The maximum Gasteiger partial charge on any atom is 0.254 e. The molecule has 4 nitrogen and oxygen atoms in total. The molecule has 3 rings (SSSR count). The number of hydrogen-bond donors (Lipinski definition) is 1. The average Bonchev–Trinajstić information content (AvgIpc) is 2.64. The van der Waals surface area contributed by atoms with Gasteiger partial charge in [-0.25, -0.2) is 0 Å². The largest absolute Gasteiger partial charge is 0.349 e. The zero-order chi connectivity index (χ0) is 17.8. The predicted octanol–water partition coefficient (Wildman–Crippen LogP) is 3.34. The van der Waals surface area contributed by atoms with Crippen LogP contribution < -0.4 is 5.32 Å². The third-order valence-electron chi connectivity index (χ3n) is 4.78. The van der Waals surface area contributed by atoms with Gasteiger partial charge in [0.05, 0.1) is 0 Å². The van der Waals surface area contributed by atoms with Gasteiger partial charge in [0.2, 0.25) is 0 Å². The van der Waals surface area contributed by atoms with E-state index >= 15 is 0 Å². The summed E-state index contributed by atoms with van der Waals surface area (Å²) in [4.78, 5) is 26.9. The lowest BCUT2D eigenvalue weighted by Crippen LogP contribution is -2.46. The van der Waals surface area contributed by atoms with E-state index in [9.17, 15) is 9.59 Å². The number of carbonyl (C=O) groups is 2. The number of nitrogens with one attached hydrogen (secondary N) is 1. The molecule has 1 saturated heterocycles. The van der Waals surface area contributed by atoms with Crippen molar-refractivity contribution in [3.63, 3.8) is 0 Å². The van der Waals surface area contributed by atoms with E-state index in [1.165, 1.54) is 0 Å². The zero-order valence-electron chi connectivity index (χ0n) is 14.8. The Kier molecular flexibility index (Phi) is 5.17. The minimum Gasteiger partial charge on any atom is -0.349 e. The number of nitrogens with zero attached hydrogens (tertiary/aromatic N) is 1. The van der Waals surface area contributed by atoms with Crippen molar-refractivity contribution in [1.29, 1.82) is 0 Å². The minimum absolute atomic E-state index is 0.0418. The van der Waals surface area contributed by atoms with Crippen molar-refractivity contribution in [3.05, 3.63) is 70.8 Å². The molecule has 0 aromatic heterocycles. The van der Waals surface area contributed by atoms with E-state index in [1.807, 2.05) is 67.3 Å². The predicted molar refractivity (Wildman–Crippen MR) is 98.7 cm³/mol. The topological polar surface area (TPSA) is 49.4 Å². The Morgan fingerprint density at radius 2 is 1.68 bits per heavy atom. The quantitative estimate of drug-likeness (QED) is 0.934. The van der Waals surface area contributed by atoms with Gasteiger partial charge >= 0.3 is 0 Å². The number of hydrogen-bond acceptors (Lipinski definition) is 2. The maximum atomic E-state index is 12.8. The molecule has 2 aromatic rings. The summed E-state index contributed by atoms with van der Waals surface area (Å²) in [6, 6.07) is 15.3. The summed E-state index contributed by atoms with van der Waals surface area (Å²) in [5.41, 5.74) is 3.57.